The van der Waals surface area contributed by atoms with Gasteiger partial charge in [-0.25, -0.2) is 0 Å². The van der Waals surface area contributed by atoms with Crippen LogP contribution in [0.4, 0.5) is 0 Å². The number of ketones is 1. The molecule has 0 amide bonds. The van der Waals surface area contributed by atoms with E-state index in [1.165, 1.54) is 0 Å². The van der Waals surface area contributed by atoms with Crippen LogP contribution in [0.5, 0.6) is 0 Å². The summed E-state index contributed by atoms with van der Waals surface area (Å²) in [6, 6.07) is 13.8. The van der Waals surface area contributed by atoms with Crippen LogP contribution in [0.1, 0.15) is 49.4 Å². The molecule has 1 atom stereocenters. The third kappa shape index (κ3) is 4.69. The number of rotatable bonds is 8. The Morgan fingerprint density at radius 2 is 1.77 bits per heavy atom. The molecule has 0 saturated carbocycles. The Morgan fingerprint density at radius 3 is 2.50 bits per heavy atom. The predicted octanol–water partition coefficient (Wildman–Crippen LogP) is 4.69. The van der Waals surface area contributed by atoms with Gasteiger partial charge in [0.1, 0.15) is 0 Å². The molecule has 22 heavy (non-hydrogen) atoms. The number of carboxylic acid groups (broad SMARTS) is 1. The molecule has 116 valence electrons. The molecule has 1 unspecified atom stereocenters. The van der Waals surface area contributed by atoms with Crippen molar-refractivity contribution >= 4 is 22.5 Å². The van der Waals surface area contributed by atoms with E-state index in [2.05, 4.69) is 0 Å². The summed E-state index contributed by atoms with van der Waals surface area (Å²) in [5, 5.41) is 10.9. The van der Waals surface area contributed by atoms with Gasteiger partial charge in [-0.1, -0.05) is 56.2 Å². The van der Waals surface area contributed by atoms with Gasteiger partial charge in [0.25, 0.3) is 0 Å². The summed E-state index contributed by atoms with van der Waals surface area (Å²) in [6.45, 7) is 1.94. The number of carboxylic acids is 1. The molecule has 2 rings (SSSR count). The molecular weight excluding hydrogens is 276 g/mol. The molecule has 0 fully saturated rings. The van der Waals surface area contributed by atoms with Gasteiger partial charge >= 0.3 is 5.97 Å². The number of aliphatic carboxylic acids is 1. The van der Waals surface area contributed by atoms with E-state index in [0.29, 0.717) is 6.42 Å². The first-order valence-corrected chi connectivity index (χ1v) is 7.80. The zero-order valence-electron chi connectivity index (χ0n) is 12.9. The zero-order valence-corrected chi connectivity index (χ0v) is 12.9. The van der Waals surface area contributed by atoms with E-state index in [9.17, 15) is 9.59 Å². The van der Waals surface area contributed by atoms with Crippen LogP contribution in [0, 0.1) is 5.92 Å². The summed E-state index contributed by atoms with van der Waals surface area (Å²) < 4.78 is 0. The molecule has 2 aromatic carbocycles. The Bertz CT molecular complexity index is 661. The summed E-state index contributed by atoms with van der Waals surface area (Å²) in [6.07, 6.45) is 3.30. The van der Waals surface area contributed by atoms with Crippen molar-refractivity contribution in [1.29, 1.82) is 0 Å². The largest absolute Gasteiger partial charge is 0.481 e. The van der Waals surface area contributed by atoms with Crippen LogP contribution in [0.25, 0.3) is 10.8 Å². The van der Waals surface area contributed by atoms with Gasteiger partial charge in [0, 0.05) is 18.4 Å². The average Bonchev–Trinajstić information content (AvgIpc) is 2.50. The number of Topliss-reactive ketones (excluding diaryl/α,β-unsaturated/α-hetero) is 1. The predicted molar refractivity (Wildman–Crippen MR) is 88.2 cm³/mol. The molecule has 0 saturated heterocycles. The van der Waals surface area contributed by atoms with Crippen molar-refractivity contribution in [3.63, 3.8) is 0 Å². The standard InChI is InChI=1S/C19H22O3/c1-14(12-19(21)22)6-2-5-9-18(20)17-11-10-15-7-3-4-8-16(15)13-17/h3-4,7-8,10-11,13-14H,2,5-6,9,12H2,1H3,(H,21,22). The molecule has 0 aromatic heterocycles. The van der Waals surface area contributed by atoms with E-state index in [0.717, 1.165) is 35.6 Å². The first-order chi connectivity index (χ1) is 10.6. The van der Waals surface area contributed by atoms with Crippen LogP contribution >= 0.6 is 0 Å². The van der Waals surface area contributed by atoms with E-state index in [-0.39, 0.29) is 18.1 Å². The molecule has 1 N–H and O–H groups in total. The molecule has 0 bridgehead atoms. The van der Waals surface area contributed by atoms with Crippen LogP contribution in [-0.4, -0.2) is 16.9 Å². The van der Waals surface area contributed by atoms with E-state index >= 15 is 0 Å². The summed E-state index contributed by atoms with van der Waals surface area (Å²) in [7, 11) is 0. The molecule has 0 aliphatic rings. The van der Waals surface area contributed by atoms with Gasteiger partial charge in [0.15, 0.2) is 5.78 Å². The lowest BCUT2D eigenvalue weighted by molar-refractivity contribution is -0.138. The van der Waals surface area contributed by atoms with Gasteiger partial charge in [-0.05, 0) is 29.2 Å². The van der Waals surface area contributed by atoms with Crippen LogP contribution in [-0.2, 0) is 4.79 Å². The normalized spacial score (nSPS) is 12.2. The lowest BCUT2D eigenvalue weighted by atomic mass is 9.97. The quantitative estimate of drug-likeness (QED) is 0.568. The third-order valence-corrected chi connectivity index (χ3v) is 3.95. The number of carbonyl (C=O) groups is 2. The number of carbonyl (C=O) groups excluding carboxylic acids is 1. The lowest BCUT2D eigenvalue weighted by Crippen LogP contribution is -2.04. The van der Waals surface area contributed by atoms with Crippen molar-refractivity contribution in [2.45, 2.75) is 39.0 Å². The molecule has 3 heteroatoms. The zero-order chi connectivity index (χ0) is 15.9. The summed E-state index contributed by atoms with van der Waals surface area (Å²) in [4.78, 5) is 22.8. The highest BCUT2D eigenvalue weighted by atomic mass is 16.4. The fourth-order valence-corrected chi connectivity index (χ4v) is 2.69. The molecule has 3 nitrogen and oxygen atoms in total. The Morgan fingerprint density at radius 1 is 1.05 bits per heavy atom. The van der Waals surface area contributed by atoms with E-state index in [1.807, 2.05) is 49.4 Å². The smallest absolute Gasteiger partial charge is 0.303 e. The minimum absolute atomic E-state index is 0.164. The first kappa shape index (κ1) is 16.2. The first-order valence-electron chi connectivity index (χ1n) is 7.80. The minimum atomic E-state index is -0.750. The Hall–Kier alpha value is -2.16. The summed E-state index contributed by atoms with van der Waals surface area (Å²) in [5.41, 5.74) is 0.761. The van der Waals surface area contributed by atoms with Gasteiger partial charge in [0.05, 0.1) is 0 Å². The Balaban J connectivity index is 1.82. The number of fused-ring (bicyclic) bond motifs is 1. The maximum absolute atomic E-state index is 12.2. The van der Waals surface area contributed by atoms with Crippen LogP contribution in [0.15, 0.2) is 42.5 Å². The van der Waals surface area contributed by atoms with Crippen molar-refractivity contribution < 1.29 is 14.7 Å². The van der Waals surface area contributed by atoms with Gasteiger partial charge in [-0.2, -0.15) is 0 Å². The highest BCUT2D eigenvalue weighted by molar-refractivity contribution is 5.99. The second-order valence-corrected chi connectivity index (χ2v) is 5.93. The Labute approximate surface area is 131 Å². The maximum Gasteiger partial charge on any atom is 0.303 e. The minimum Gasteiger partial charge on any atom is -0.481 e. The van der Waals surface area contributed by atoms with Crippen molar-refractivity contribution in [3.8, 4) is 0 Å². The lowest BCUT2D eigenvalue weighted by Gasteiger charge is -2.08. The van der Waals surface area contributed by atoms with Crippen molar-refractivity contribution in [1.82, 2.24) is 0 Å². The number of unbranched alkanes of at least 4 members (excludes halogenated alkanes) is 1. The van der Waals surface area contributed by atoms with Gasteiger partial charge in [-0.3, -0.25) is 9.59 Å². The van der Waals surface area contributed by atoms with Crippen molar-refractivity contribution in [3.05, 3.63) is 48.0 Å². The highest BCUT2D eigenvalue weighted by Gasteiger charge is 2.09. The molecular formula is C19H22O3. The summed E-state index contributed by atoms with van der Waals surface area (Å²) >= 11 is 0. The van der Waals surface area contributed by atoms with Crippen LogP contribution in [0.2, 0.25) is 0 Å². The van der Waals surface area contributed by atoms with Gasteiger partial charge < -0.3 is 5.11 Å². The van der Waals surface area contributed by atoms with Crippen LogP contribution < -0.4 is 0 Å². The monoisotopic (exact) mass is 298 g/mol. The van der Waals surface area contributed by atoms with Gasteiger partial charge in [-0.15, -0.1) is 0 Å². The SMILES string of the molecule is CC(CCCCC(=O)c1ccc2ccccc2c1)CC(=O)O. The second-order valence-electron chi connectivity index (χ2n) is 5.93. The van der Waals surface area contributed by atoms with Gasteiger partial charge in [0.2, 0.25) is 0 Å². The van der Waals surface area contributed by atoms with Crippen molar-refractivity contribution in [2.75, 3.05) is 0 Å². The fraction of sp³-hybridized carbons (Fsp3) is 0.368. The average molecular weight is 298 g/mol. The third-order valence-electron chi connectivity index (χ3n) is 3.95. The molecule has 0 aliphatic carbocycles. The maximum atomic E-state index is 12.2. The van der Waals surface area contributed by atoms with E-state index in [1.54, 1.807) is 0 Å². The highest BCUT2D eigenvalue weighted by Crippen LogP contribution is 2.18. The topological polar surface area (TPSA) is 54.4 Å². The molecule has 0 heterocycles. The van der Waals surface area contributed by atoms with Crippen LogP contribution in [0.3, 0.4) is 0 Å². The number of benzene rings is 2. The van der Waals surface area contributed by atoms with E-state index < -0.39 is 5.97 Å². The Kier molecular flexibility index (Phi) is 5.70. The molecule has 0 aliphatic heterocycles. The van der Waals surface area contributed by atoms with Crippen molar-refractivity contribution in [2.24, 2.45) is 5.92 Å². The van der Waals surface area contributed by atoms with E-state index in [4.69, 9.17) is 5.11 Å². The number of hydrogen-bond donors (Lipinski definition) is 1. The second kappa shape index (κ2) is 7.74. The molecule has 0 radical (unpaired) electrons. The number of hydrogen-bond acceptors (Lipinski definition) is 2. The molecule has 2 aromatic rings. The summed E-state index contributed by atoms with van der Waals surface area (Å²) in [5.74, 6) is -0.412. The molecule has 0 spiro atoms. The fourth-order valence-electron chi connectivity index (χ4n) is 2.69.